The molecule has 5 nitrogen and oxygen atoms in total. The first-order chi connectivity index (χ1) is 13.1. The van der Waals surface area contributed by atoms with Crippen molar-refractivity contribution in [1.29, 1.82) is 5.26 Å². The number of carboxylic acids is 1. The minimum atomic E-state index is -0.862. The maximum absolute atomic E-state index is 11.2. The smallest absolute Gasteiger partial charge is 0.313 e. The monoisotopic (exact) mass is 373 g/mol. The molecule has 0 saturated carbocycles. The molecule has 2 heterocycles. The zero-order chi connectivity index (χ0) is 19.0. The lowest BCUT2D eigenvalue weighted by Crippen LogP contribution is -2.00. The van der Waals surface area contributed by atoms with E-state index in [1.54, 1.807) is 6.20 Å². The lowest BCUT2D eigenvalue weighted by atomic mass is 9.95. The summed E-state index contributed by atoms with van der Waals surface area (Å²) in [6.07, 6.45) is 3.54. The summed E-state index contributed by atoms with van der Waals surface area (Å²) in [6, 6.07) is 15.7. The van der Waals surface area contributed by atoms with Crippen molar-refractivity contribution in [3.05, 3.63) is 60.4 Å². The van der Waals surface area contributed by atoms with E-state index in [4.69, 9.17) is 5.11 Å². The fourth-order valence-electron chi connectivity index (χ4n) is 3.44. The summed E-state index contributed by atoms with van der Waals surface area (Å²) in [5.74, 6) is -0.891. The van der Waals surface area contributed by atoms with E-state index in [-0.39, 0.29) is 5.75 Å². The number of nitriles is 1. The van der Waals surface area contributed by atoms with Gasteiger partial charge in [-0.15, -0.1) is 0 Å². The van der Waals surface area contributed by atoms with Crippen LogP contribution in [0.25, 0.3) is 32.8 Å². The molecule has 132 valence electrons. The molecule has 4 rings (SSSR count). The zero-order valence-electron chi connectivity index (χ0n) is 14.5. The molecule has 0 aliphatic heterocycles. The Morgan fingerprint density at radius 2 is 1.96 bits per heavy atom. The summed E-state index contributed by atoms with van der Waals surface area (Å²) in [6.45, 7) is 0. The van der Waals surface area contributed by atoms with Crippen molar-refractivity contribution in [2.45, 2.75) is 5.03 Å². The number of hydrogen-bond acceptors (Lipinski definition) is 4. The molecule has 0 saturated heterocycles. The van der Waals surface area contributed by atoms with E-state index in [0.29, 0.717) is 5.56 Å². The van der Waals surface area contributed by atoms with E-state index in [1.165, 1.54) is 11.8 Å². The van der Waals surface area contributed by atoms with Crippen LogP contribution in [0.5, 0.6) is 0 Å². The lowest BCUT2D eigenvalue weighted by Gasteiger charge is -2.11. The Hall–Kier alpha value is -3.30. The second-order valence-corrected chi connectivity index (χ2v) is 7.10. The minimum absolute atomic E-state index is 0.0290. The Labute approximate surface area is 159 Å². The number of nitrogens with zero attached hydrogens (tertiary/aromatic N) is 3. The van der Waals surface area contributed by atoms with E-state index < -0.39 is 5.97 Å². The molecule has 1 N–H and O–H groups in total. The van der Waals surface area contributed by atoms with Crippen molar-refractivity contribution >= 4 is 39.4 Å². The number of aliphatic carboxylic acids is 1. The predicted molar refractivity (Wildman–Crippen MR) is 107 cm³/mol. The second-order valence-electron chi connectivity index (χ2n) is 6.13. The van der Waals surface area contributed by atoms with Crippen LogP contribution in [0.3, 0.4) is 0 Å². The van der Waals surface area contributed by atoms with Gasteiger partial charge in [0.1, 0.15) is 0 Å². The maximum Gasteiger partial charge on any atom is 0.313 e. The van der Waals surface area contributed by atoms with E-state index in [1.807, 2.05) is 60.3 Å². The molecule has 6 heteroatoms. The number of carboxylic acid groups (broad SMARTS) is 1. The standard InChI is InChI=1S/C21H15N3O2S/c1-24-18-8-9-23-11-17(18)20(21(24)27-12-19(25)26)16-7-6-13(10-22)14-4-2-3-5-15(14)16/h2-9,11H,12H2,1H3,(H,25,26). The molecular weight excluding hydrogens is 358 g/mol. The van der Waals surface area contributed by atoms with Gasteiger partial charge in [-0.3, -0.25) is 9.78 Å². The Bertz CT molecular complexity index is 1240. The van der Waals surface area contributed by atoms with E-state index in [9.17, 15) is 10.1 Å². The van der Waals surface area contributed by atoms with Gasteiger partial charge in [-0.2, -0.15) is 5.26 Å². The number of carbonyl (C=O) groups is 1. The molecule has 0 bridgehead atoms. The molecule has 4 aromatic rings. The van der Waals surface area contributed by atoms with Gasteiger partial charge in [-0.05, 0) is 23.1 Å². The molecule has 0 fully saturated rings. The summed E-state index contributed by atoms with van der Waals surface area (Å²) in [4.78, 5) is 15.4. The van der Waals surface area contributed by atoms with E-state index in [2.05, 4.69) is 11.1 Å². The molecule has 0 spiro atoms. The number of aryl methyl sites for hydroxylation is 1. The number of benzene rings is 2. The third-order valence-electron chi connectivity index (χ3n) is 4.59. The number of pyridine rings is 1. The maximum atomic E-state index is 11.2. The molecular formula is C21H15N3O2S. The van der Waals surface area contributed by atoms with Crippen molar-refractivity contribution in [2.24, 2.45) is 7.05 Å². The third-order valence-corrected chi connectivity index (χ3v) is 5.74. The van der Waals surface area contributed by atoms with Gasteiger partial charge in [0.15, 0.2) is 0 Å². The van der Waals surface area contributed by atoms with Crippen molar-refractivity contribution < 1.29 is 9.90 Å². The van der Waals surface area contributed by atoms with Crippen LogP contribution in [-0.2, 0) is 11.8 Å². The van der Waals surface area contributed by atoms with Crippen molar-refractivity contribution in [3.63, 3.8) is 0 Å². The number of rotatable bonds is 4. The summed E-state index contributed by atoms with van der Waals surface area (Å²) >= 11 is 1.29. The highest BCUT2D eigenvalue weighted by atomic mass is 32.2. The van der Waals surface area contributed by atoms with Gasteiger partial charge in [0, 0.05) is 35.8 Å². The SMILES string of the molecule is Cn1c(SCC(=O)O)c(-c2ccc(C#N)c3ccccc23)c2cnccc21. The summed E-state index contributed by atoms with van der Waals surface area (Å²) in [5.41, 5.74) is 3.53. The van der Waals surface area contributed by atoms with Crippen molar-refractivity contribution in [3.8, 4) is 17.2 Å². The van der Waals surface area contributed by atoms with Crippen LogP contribution in [0.2, 0.25) is 0 Å². The molecule has 2 aromatic carbocycles. The normalized spacial score (nSPS) is 11.0. The van der Waals surface area contributed by atoms with Crippen LogP contribution < -0.4 is 0 Å². The van der Waals surface area contributed by atoms with Gasteiger partial charge >= 0.3 is 5.97 Å². The van der Waals surface area contributed by atoms with Crippen molar-refractivity contribution in [2.75, 3.05) is 5.75 Å². The highest BCUT2D eigenvalue weighted by Gasteiger charge is 2.20. The van der Waals surface area contributed by atoms with E-state index in [0.717, 1.165) is 37.8 Å². The molecule has 2 aromatic heterocycles. The van der Waals surface area contributed by atoms with Crippen LogP contribution in [0, 0.1) is 11.3 Å². The van der Waals surface area contributed by atoms with Gasteiger partial charge in [0.2, 0.25) is 0 Å². The fraction of sp³-hybridized carbons (Fsp3) is 0.0952. The first-order valence-electron chi connectivity index (χ1n) is 8.31. The molecule has 0 radical (unpaired) electrons. The van der Waals surface area contributed by atoms with Crippen LogP contribution in [-0.4, -0.2) is 26.4 Å². The van der Waals surface area contributed by atoms with Crippen LogP contribution >= 0.6 is 11.8 Å². The molecule has 27 heavy (non-hydrogen) atoms. The van der Waals surface area contributed by atoms with Gasteiger partial charge in [-0.25, -0.2) is 0 Å². The summed E-state index contributed by atoms with van der Waals surface area (Å²) < 4.78 is 2.01. The van der Waals surface area contributed by atoms with Gasteiger partial charge < -0.3 is 9.67 Å². The first-order valence-corrected chi connectivity index (χ1v) is 9.29. The first kappa shape index (κ1) is 17.1. The Kier molecular flexibility index (Phi) is 4.30. The molecule has 0 atom stereocenters. The minimum Gasteiger partial charge on any atom is -0.481 e. The lowest BCUT2D eigenvalue weighted by molar-refractivity contribution is -0.133. The van der Waals surface area contributed by atoms with Crippen LogP contribution in [0.4, 0.5) is 0 Å². The second kappa shape index (κ2) is 6.78. The summed E-state index contributed by atoms with van der Waals surface area (Å²) in [7, 11) is 1.93. The van der Waals surface area contributed by atoms with Gasteiger partial charge in [0.25, 0.3) is 0 Å². The van der Waals surface area contributed by atoms with Gasteiger partial charge in [0.05, 0.1) is 27.9 Å². The quantitative estimate of drug-likeness (QED) is 0.535. The highest BCUT2D eigenvalue weighted by Crippen LogP contribution is 2.42. The average molecular weight is 373 g/mol. The average Bonchev–Trinajstić information content (AvgIpc) is 2.97. The van der Waals surface area contributed by atoms with Crippen LogP contribution in [0.1, 0.15) is 5.56 Å². The van der Waals surface area contributed by atoms with Crippen LogP contribution in [0.15, 0.2) is 59.9 Å². The van der Waals surface area contributed by atoms with E-state index >= 15 is 0 Å². The number of hydrogen-bond donors (Lipinski definition) is 1. The van der Waals surface area contributed by atoms with Gasteiger partial charge in [-0.1, -0.05) is 42.1 Å². The zero-order valence-corrected chi connectivity index (χ0v) is 15.3. The largest absolute Gasteiger partial charge is 0.481 e. The molecule has 0 aliphatic carbocycles. The van der Waals surface area contributed by atoms with Crippen molar-refractivity contribution in [1.82, 2.24) is 9.55 Å². The Morgan fingerprint density at radius 1 is 1.19 bits per heavy atom. The fourth-order valence-corrected chi connectivity index (χ4v) is 4.35. The number of fused-ring (bicyclic) bond motifs is 2. The predicted octanol–water partition coefficient (Wildman–Crippen LogP) is 4.44. The molecule has 0 unspecified atom stereocenters. The number of thioether (sulfide) groups is 1. The Balaban J connectivity index is 2.08. The highest BCUT2D eigenvalue weighted by molar-refractivity contribution is 8.00. The number of aromatic nitrogens is 2. The topological polar surface area (TPSA) is 78.9 Å². The third kappa shape index (κ3) is 2.82. The molecule has 0 amide bonds. The Morgan fingerprint density at radius 3 is 2.70 bits per heavy atom. The summed E-state index contributed by atoms with van der Waals surface area (Å²) in [5, 5.41) is 22.3. The molecule has 0 aliphatic rings.